The molecule has 0 aliphatic rings. The van der Waals surface area contributed by atoms with Crippen LogP contribution in [0.25, 0.3) is 0 Å². The van der Waals surface area contributed by atoms with Crippen LogP contribution in [0.2, 0.25) is 0 Å². The third kappa shape index (κ3) is 10.3. The lowest BCUT2D eigenvalue weighted by atomic mass is 9.99. The van der Waals surface area contributed by atoms with Crippen LogP contribution in [0.15, 0.2) is 120 Å². The number of Topliss-reactive ketones (excluding diaryl/α,β-unsaturated/α-hetero) is 1. The number of carbonyl (C=O) groups is 4. The normalized spacial score (nSPS) is 13.0. The van der Waals surface area contributed by atoms with Gasteiger partial charge in [0.1, 0.15) is 17.8 Å². The van der Waals surface area contributed by atoms with E-state index < -0.39 is 51.7 Å². The SMILES string of the molecule is COc1ccc(C[C@H](NC(=O)[C@H](C)NS(=O)(=O)c2ccccc2)C(=O)N[C@@H](Cc2ccccc2)C(=O)C(=O)NCc2ccccc2)cc1. The van der Waals surface area contributed by atoms with E-state index >= 15 is 0 Å². The minimum atomic E-state index is -4.04. The van der Waals surface area contributed by atoms with E-state index in [0.717, 1.165) is 5.56 Å². The summed E-state index contributed by atoms with van der Waals surface area (Å²) in [6.07, 6.45) is 0.00677. The van der Waals surface area contributed by atoms with Crippen molar-refractivity contribution in [2.75, 3.05) is 7.11 Å². The fourth-order valence-electron chi connectivity index (χ4n) is 4.81. The van der Waals surface area contributed by atoms with Crippen LogP contribution in [-0.4, -0.2) is 57.2 Å². The van der Waals surface area contributed by atoms with Crippen molar-refractivity contribution in [1.82, 2.24) is 20.7 Å². The first-order valence-electron chi connectivity index (χ1n) is 15.3. The quantitative estimate of drug-likeness (QED) is 0.133. The van der Waals surface area contributed by atoms with Crippen LogP contribution in [0.5, 0.6) is 5.75 Å². The molecule has 4 rings (SSSR count). The minimum absolute atomic E-state index is 0.00776. The Morgan fingerprint density at radius 1 is 0.646 bits per heavy atom. The molecule has 0 spiro atoms. The number of carbonyl (C=O) groups excluding carboxylic acids is 4. The van der Waals surface area contributed by atoms with Crippen molar-refractivity contribution in [3.05, 3.63) is 132 Å². The zero-order valence-corrected chi connectivity index (χ0v) is 27.4. The molecule has 4 aromatic carbocycles. The van der Waals surface area contributed by atoms with Crippen LogP contribution in [0.4, 0.5) is 0 Å². The lowest BCUT2D eigenvalue weighted by Gasteiger charge is -2.24. The molecule has 0 heterocycles. The summed E-state index contributed by atoms with van der Waals surface area (Å²) >= 11 is 0. The van der Waals surface area contributed by atoms with Gasteiger partial charge in [0.05, 0.1) is 18.0 Å². The molecule has 0 bridgehead atoms. The first kappa shape index (κ1) is 35.5. The van der Waals surface area contributed by atoms with Crippen LogP contribution in [0, 0.1) is 0 Å². The molecular weight excluding hydrogens is 632 g/mol. The number of ether oxygens (including phenoxy) is 1. The van der Waals surface area contributed by atoms with Gasteiger partial charge in [-0.25, -0.2) is 8.42 Å². The molecule has 0 saturated carbocycles. The zero-order valence-electron chi connectivity index (χ0n) is 26.6. The van der Waals surface area contributed by atoms with Crippen molar-refractivity contribution in [1.29, 1.82) is 0 Å². The van der Waals surface area contributed by atoms with Gasteiger partial charge in [-0.2, -0.15) is 4.72 Å². The molecule has 4 N–H and O–H groups in total. The van der Waals surface area contributed by atoms with Crippen molar-refractivity contribution in [3.63, 3.8) is 0 Å². The fourth-order valence-corrected chi connectivity index (χ4v) is 6.04. The van der Waals surface area contributed by atoms with Gasteiger partial charge < -0.3 is 20.7 Å². The number of hydrogen-bond acceptors (Lipinski definition) is 7. The highest BCUT2D eigenvalue weighted by Crippen LogP contribution is 2.14. The van der Waals surface area contributed by atoms with Gasteiger partial charge in [0.15, 0.2) is 0 Å². The molecule has 48 heavy (non-hydrogen) atoms. The lowest BCUT2D eigenvalue weighted by Crippen LogP contribution is -2.57. The zero-order chi connectivity index (χ0) is 34.5. The van der Waals surface area contributed by atoms with Gasteiger partial charge >= 0.3 is 0 Å². The van der Waals surface area contributed by atoms with Gasteiger partial charge in [0.25, 0.3) is 5.91 Å². The Labute approximate surface area is 280 Å². The van der Waals surface area contributed by atoms with Crippen molar-refractivity contribution >= 4 is 33.5 Å². The maximum absolute atomic E-state index is 13.9. The van der Waals surface area contributed by atoms with Gasteiger partial charge in [-0.1, -0.05) is 91.0 Å². The predicted molar refractivity (Wildman–Crippen MR) is 180 cm³/mol. The van der Waals surface area contributed by atoms with E-state index in [1.165, 1.54) is 26.2 Å². The Morgan fingerprint density at radius 2 is 1.15 bits per heavy atom. The van der Waals surface area contributed by atoms with E-state index in [4.69, 9.17) is 4.74 Å². The topological polar surface area (TPSA) is 160 Å². The summed E-state index contributed by atoms with van der Waals surface area (Å²) in [5.41, 5.74) is 2.15. The highest BCUT2D eigenvalue weighted by molar-refractivity contribution is 7.89. The summed E-state index contributed by atoms with van der Waals surface area (Å²) < 4.78 is 33.3. The van der Waals surface area contributed by atoms with Gasteiger partial charge in [0.2, 0.25) is 27.6 Å². The van der Waals surface area contributed by atoms with Crippen molar-refractivity contribution < 1.29 is 32.3 Å². The monoisotopic (exact) mass is 670 g/mol. The van der Waals surface area contributed by atoms with Crippen LogP contribution in [0.3, 0.4) is 0 Å². The van der Waals surface area contributed by atoms with E-state index in [9.17, 15) is 27.6 Å². The summed E-state index contributed by atoms with van der Waals surface area (Å²) in [7, 11) is -2.52. The number of ketones is 1. The molecule has 3 amide bonds. The van der Waals surface area contributed by atoms with Crippen molar-refractivity contribution in [2.45, 2.75) is 49.3 Å². The van der Waals surface area contributed by atoms with E-state index in [1.54, 1.807) is 84.9 Å². The van der Waals surface area contributed by atoms with Crippen molar-refractivity contribution in [3.8, 4) is 5.75 Å². The molecule has 0 unspecified atom stereocenters. The fraction of sp³-hybridized carbons (Fsp3) is 0.222. The Bertz CT molecular complexity index is 1790. The average Bonchev–Trinajstić information content (AvgIpc) is 3.11. The van der Waals surface area contributed by atoms with Crippen LogP contribution in [-0.2, 0) is 48.6 Å². The Kier molecular flexibility index (Phi) is 12.6. The summed E-state index contributed by atoms with van der Waals surface area (Å²) in [6.45, 7) is 1.47. The molecule has 4 aromatic rings. The summed E-state index contributed by atoms with van der Waals surface area (Å²) in [5.74, 6) is -2.65. The first-order valence-corrected chi connectivity index (χ1v) is 16.7. The van der Waals surface area contributed by atoms with Gasteiger partial charge in [-0.05, 0) is 47.9 Å². The molecule has 11 nitrogen and oxygen atoms in total. The number of nitrogens with one attached hydrogen (secondary N) is 4. The van der Waals surface area contributed by atoms with Crippen LogP contribution in [0.1, 0.15) is 23.6 Å². The maximum atomic E-state index is 13.9. The number of amides is 3. The highest BCUT2D eigenvalue weighted by atomic mass is 32.2. The lowest BCUT2D eigenvalue weighted by molar-refractivity contribution is -0.140. The summed E-state index contributed by atoms with van der Waals surface area (Å²) in [6, 6.07) is 28.6. The number of sulfonamides is 1. The summed E-state index contributed by atoms with van der Waals surface area (Å²) in [5, 5.41) is 7.92. The third-order valence-corrected chi connectivity index (χ3v) is 9.00. The second-order valence-electron chi connectivity index (χ2n) is 11.1. The molecule has 12 heteroatoms. The summed E-state index contributed by atoms with van der Waals surface area (Å²) in [4.78, 5) is 53.7. The minimum Gasteiger partial charge on any atom is -0.497 e. The van der Waals surface area contributed by atoms with Crippen LogP contribution < -0.4 is 25.4 Å². The molecule has 0 aliphatic carbocycles. The van der Waals surface area contributed by atoms with Gasteiger partial charge in [-0.3, -0.25) is 19.2 Å². The third-order valence-electron chi connectivity index (χ3n) is 7.45. The molecule has 250 valence electrons. The average molecular weight is 671 g/mol. The second-order valence-corrected chi connectivity index (χ2v) is 12.8. The number of benzene rings is 4. The van der Waals surface area contributed by atoms with E-state index in [1.807, 2.05) is 18.2 Å². The molecule has 0 radical (unpaired) electrons. The molecule has 0 fully saturated rings. The standard InChI is InChI=1S/C36H38N4O7S/c1-25(40-48(45,46)30-16-10-5-11-17-30)34(42)39-32(23-27-18-20-29(47-2)21-19-27)35(43)38-31(22-26-12-6-3-7-13-26)33(41)36(44)37-24-28-14-8-4-9-15-28/h3-21,25,31-32,40H,22-24H2,1-2H3,(H,37,44)(H,38,43)(H,39,42)/t25-,31-,32-/m0/s1. The Hall–Kier alpha value is -5.33. The molecule has 0 aromatic heterocycles. The molecule has 0 saturated heterocycles. The molecule has 0 aliphatic heterocycles. The van der Waals surface area contributed by atoms with E-state index in [-0.39, 0.29) is 24.3 Å². The largest absolute Gasteiger partial charge is 0.497 e. The van der Waals surface area contributed by atoms with Crippen LogP contribution >= 0.6 is 0 Å². The van der Waals surface area contributed by atoms with E-state index in [0.29, 0.717) is 16.9 Å². The van der Waals surface area contributed by atoms with Gasteiger partial charge in [-0.15, -0.1) is 0 Å². The Morgan fingerprint density at radius 3 is 1.73 bits per heavy atom. The molecular formula is C36H38N4O7S. The van der Waals surface area contributed by atoms with Crippen molar-refractivity contribution in [2.24, 2.45) is 0 Å². The number of rotatable bonds is 16. The highest BCUT2D eigenvalue weighted by Gasteiger charge is 2.32. The Balaban J connectivity index is 1.54. The predicted octanol–water partition coefficient (Wildman–Crippen LogP) is 2.70. The molecule has 3 atom stereocenters. The smallest absolute Gasteiger partial charge is 0.289 e. The second kappa shape index (κ2) is 17.0. The van der Waals surface area contributed by atoms with E-state index in [2.05, 4.69) is 20.7 Å². The van der Waals surface area contributed by atoms with Gasteiger partial charge in [0, 0.05) is 19.4 Å². The maximum Gasteiger partial charge on any atom is 0.289 e. The number of hydrogen-bond donors (Lipinski definition) is 4. The first-order chi connectivity index (χ1) is 23.1. The number of methoxy groups -OCH3 is 1.